The van der Waals surface area contributed by atoms with Crippen LogP contribution in [0.5, 0.6) is 0 Å². The molecule has 0 radical (unpaired) electrons. The largest absolute Gasteiger partial charge is 0.352 e. The van der Waals surface area contributed by atoms with E-state index in [4.69, 9.17) is 23.2 Å². The number of rotatable bonds is 4. The van der Waals surface area contributed by atoms with Crippen LogP contribution >= 0.6 is 34.5 Å². The monoisotopic (exact) mass is 292 g/mol. The molecule has 1 saturated heterocycles. The van der Waals surface area contributed by atoms with E-state index in [1.165, 1.54) is 24.2 Å². The lowest BCUT2D eigenvalue weighted by atomic mass is 10.1. The second-order valence-electron chi connectivity index (χ2n) is 4.08. The minimum absolute atomic E-state index is 0.142. The summed E-state index contributed by atoms with van der Waals surface area (Å²) >= 11 is 12.9. The van der Waals surface area contributed by atoms with E-state index in [1.54, 1.807) is 6.07 Å². The second kappa shape index (κ2) is 6.05. The molecule has 94 valence electrons. The van der Waals surface area contributed by atoms with Gasteiger partial charge in [-0.3, -0.25) is 4.79 Å². The van der Waals surface area contributed by atoms with Gasteiger partial charge in [0, 0.05) is 12.6 Å². The van der Waals surface area contributed by atoms with Gasteiger partial charge in [0.25, 0.3) is 5.91 Å². The molecule has 2 rings (SSSR count). The van der Waals surface area contributed by atoms with Gasteiger partial charge in [0.15, 0.2) is 0 Å². The molecule has 0 spiro atoms. The van der Waals surface area contributed by atoms with Gasteiger partial charge >= 0.3 is 0 Å². The van der Waals surface area contributed by atoms with Crippen molar-refractivity contribution in [2.45, 2.75) is 25.3 Å². The first-order valence-electron chi connectivity index (χ1n) is 5.63. The highest BCUT2D eigenvalue weighted by molar-refractivity contribution is 7.20. The molecule has 2 N–H and O–H groups in total. The van der Waals surface area contributed by atoms with Crippen LogP contribution in [-0.4, -0.2) is 25.0 Å². The number of hydrogen-bond donors (Lipinski definition) is 2. The first kappa shape index (κ1) is 13.1. The fourth-order valence-corrected chi connectivity index (χ4v) is 3.41. The summed E-state index contributed by atoms with van der Waals surface area (Å²) < 4.78 is 0.990. The Bertz CT molecular complexity index is 402. The summed E-state index contributed by atoms with van der Waals surface area (Å²) in [5, 5.41) is 6.25. The van der Waals surface area contributed by atoms with E-state index in [0.717, 1.165) is 13.0 Å². The van der Waals surface area contributed by atoms with E-state index in [-0.39, 0.29) is 5.91 Å². The molecule has 1 aromatic rings. The molecule has 6 heteroatoms. The topological polar surface area (TPSA) is 41.1 Å². The molecule has 0 bridgehead atoms. The van der Waals surface area contributed by atoms with E-state index in [0.29, 0.717) is 26.8 Å². The van der Waals surface area contributed by atoms with Gasteiger partial charge in [-0.1, -0.05) is 23.2 Å². The highest BCUT2D eigenvalue weighted by Gasteiger charge is 2.16. The van der Waals surface area contributed by atoms with Gasteiger partial charge in [-0.05, 0) is 31.9 Å². The van der Waals surface area contributed by atoms with Gasteiger partial charge in [0.05, 0.1) is 9.90 Å². The number of nitrogens with one attached hydrogen (secondary N) is 2. The first-order valence-corrected chi connectivity index (χ1v) is 7.20. The number of amides is 1. The van der Waals surface area contributed by atoms with E-state index in [2.05, 4.69) is 10.6 Å². The standard InChI is InChI=1S/C11H14Cl2N2OS/c12-9-6-8(10(13)17-9)11(16)15-5-3-7-2-1-4-14-7/h6-7,14H,1-5H2,(H,15,16)/t7-/m0/s1. The Morgan fingerprint density at radius 2 is 2.41 bits per heavy atom. The molecule has 1 atom stereocenters. The normalized spacial score (nSPS) is 19.5. The molecular formula is C11H14Cl2N2OS. The molecule has 2 heterocycles. The van der Waals surface area contributed by atoms with Crippen molar-refractivity contribution in [1.82, 2.24) is 10.6 Å². The number of hydrogen-bond acceptors (Lipinski definition) is 3. The van der Waals surface area contributed by atoms with Crippen molar-refractivity contribution in [3.8, 4) is 0 Å². The van der Waals surface area contributed by atoms with Crippen molar-refractivity contribution in [3.05, 3.63) is 20.3 Å². The SMILES string of the molecule is O=C(NCC[C@@H]1CCCN1)c1cc(Cl)sc1Cl. The van der Waals surface area contributed by atoms with Crippen LogP contribution in [-0.2, 0) is 0 Å². The second-order valence-corrected chi connectivity index (χ2v) is 6.36. The first-order chi connectivity index (χ1) is 8.16. The Kier molecular flexibility index (Phi) is 4.68. The summed E-state index contributed by atoms with van der Waals surface area (Å²) in [6.07, 6.45) is 3.38. The Morgan fingerprint density at radius 3 is 3.00 bits per heavy atom. The average Bonchev–Trinajstić information content (AvgIpc) is 2.88. The number of thiophene rings is 1. The van der Waals surface area contributed by atoms with Crippen LogP contribution in [0.3, 0.4) is 0 Å². The quantitative estimate of drug-likeness (QED) is 0.896. The van der Waals surface area contributed by atoms with Crippen molar-refractivity contribution in [2.24, 2.45) is 0 Å². The summed E-state index contributed by atoms with van der Waals surface area (Å²) in [6, 6.07) is 2.15. The summed E-state index contributed by atoms with van der Waals surface area (Å²) in [7, 11) is 0. The van der Waals surface area contributed by atoms with Crippen LogP contribution < -0.4 is 10.6 Å². The zero-order valence-corrected chi connectivity index (χ0v) is 11.6. The minimum atomic E-state index is -0.142. The molecule has 1 amide bonds. The molecule has 0 aromatic carbocycles. The Labute approximate surface area is 114 Å². The number of carbonyl (C=O) groups is 1. The Balaban J connectivity index is 1.78. The lowest BCUT2D eigenvalue weighted by Gasteiger charge is -2.10. The van der Waals surface area contributed by atoms with Crippen molar-refractivity contribution in [1.29, 1.82) is 0 Å². The van der Waals surface area contributed by atoms with Gasteiger partial charge < -0.3 is 10.6 Å². The predicted octanol–water partition coefficient (Wildman–Crippen LogP) is 2.93. The third kappa shape index (κ3) is 3.58. The molecule has 1 aromatic heterocycles. The minimum Gasteiger partial charge on any atom is -0.352 e. The summed E-state index contributed by atoms with van der Waals surface area (Å²) in [5.74, 6) is -0.142. The highest BCUT2D eigenvalue weighted by atomic mass is 35.5. The van der Waals surface area contributed by atoms with Crippen LogP contribution in [0.25, 0.3) is 0 Å². The van der Waals surface area contributed by atoms with Crippen molar-refractivity contribution >= 4 is 40.4 Å². The molecule has 17 heavy (non-hydrogen) atoms. The lowest BCUT2D eigenvalue weighted by molar-refractivity contribution is 0.0953. The number of carbonyl (C=O) groups excluding carboxylic acids is 1. The Hall–Kier alpha value is -0.290. The summed E-state index contributed by atoms with van der Waals surface area (Å²) in [6.45, 7) is 1.75. The molecule has 1 fully saturated rings. The maximum atomic E-state index is 11.8. The summed E-state index contributed by atoms with van der Waals surface area (Å²) in [4.78, 5) is 11.8. The molecule has 3 nitrogen and oxygen atoms in total. The fourth-order valence-electron chi connectivity index (χ4n) is 1.95. The molecule has 0 saturated carbocycles. The van der Waals surface area contributed by atoms with Gasteiger partial charge in [0.2, 0.25) is 0 Å². The zero-order chi connectivity index (χ0) is 12.3. The molecule has 1 aliphatic rings. The zero-order valence-electron chi connectivity index (χ0n) is 9.26. The smallest absolute Gasteiger partial charge is 0.253 e. The third-order valence-corrected chi connectivity index (χ3v) is 4.33. The van der Waals surface area contributed by atoms with E-state index in [1.807, 2.05) is 0 Å². The van der Waals surface area contributed by atoms with E-state index < -0.39 is 0 Å². The van der Waals surface area contributed by atoms with Crippen molar-refractivity contribution in [2.75, 3.05) is 13.1 Å². The van der Waals surface area contributed by atoms with Crippen LogP contribution in [0.2, 0.25) is 8.67 Å². The molecule has 0 aliphatic carbocycles. The number of halogens is 2. The van der Waals surface area contributed by atoms with Crippen molar-refractivity contribution < 1.29 is 4.79 Å². The highest BCUT2D eigenvalue weighted by Crippen LogP contribution is 2.30. The summed E-state index contributed by atoms with van der Waals surface area (Å²) in [5.41, 5.74) is 0.473. The maximum absolute atomic E-state index is 11.8. The van der Waals surface area contributed by atoms with Gasteiger partial charge in [-0.15, -0.1) is 11.3 Å². The maximum Gasteiger partial charge on any atom is 0.253 e. The van der Waals surface area contributed by atoms with Crippen LogP contribution in [0.15, 0.2) is 6.07 Å². The predicted molar refractivity (Wildman–Crippen MR) is 72.3 cm³/mol. The van der Waals surface area contributed by atoms with Crippen LogP contribution in [0, 0.1) is 0 Å². The molecule has 1 aliphatic heterocycles. The fraction of sp³-hybridized carbons (Fsp3) is 0.545. The Morgan fingerprint density at radius 1 is 1.59 bits per heavy atom. The lowest BCUT2D eigenvalue weighted by Crippen LogP contribution is -2.30. The van der Waals surface area contributed by atoms with E-state index >= 15 is 0 Å². The van der Waals surface area contributed by atoms with E-state index in [9.17, 15) is 4.79 Å². The van der Waals surface area contributed by atoms with Gasteiger partial charge in [-0.25, -0.2) is 0 Å². The van der Waals surface area contributed by atoms with Gasteiger partial charge in [-0.2, -0.15) is 0 Å². The van der Waals surface area contributed by atoms with Gasteiger partial charge in [0.1, 0.15) is 4.34 Å². The third-order valence-electron chi connectivity index (χ3n) is 2.84. The average molecular weight is 293 g/mol. The molecule has 0 unspecified atom stereocenters. The molecular weight excluding hydrogens is 279 g/mol. The van der Waals surface area contributed by atoms with Crippen LogP contribution in [0.4, 0.5) is 0 Å². The van der Waals surface area contributed by atoms with Crippen LogP contribution in [0.1, 0.15) is 29.6 Å². The van der Waals surface area contributed by atoms with Crippen molar-refractivity contribution in [3.63, 3.8) is 0 Å².